The fourth-order valence-electron chi connectivity index (χ4n) is 10.6. The minimum absolute atomic E-state index is 0.0228. The summed E-state index contributed by atoms with van der Waals surface area (Å²) in [6.07, 6.45) is 12.2. The Morgan fingerprint density at radius 3 is 2.47 bits per heavy atom. The number of benzene rings is 2. The fraction of sp³-hybridized carbons (Fsp3) is 0.533. The number of carbonyl (C=O) groups excluding carboxylic acids is 2. The van der Waals surface area contributed by atoms with Crippen LogP contribution in [-0.4, -0.2) is 102 Å². The Kier molecular flexibility index (Phi) is 10.5. The number of hydrogen-bond donors (Lipinski definition) is 1. The van der Waals surface area contributed by atoms with E-state index in [1.807, 2.05) is 32.0 Å². The van der Waals surface area contributed by atoms with Crippen molar-refractivity contribution in [2.24, 2.45) is 5.92 Å². The number of aromatic nitrogens is 3. The van der Waals surface area contributed by atoms with Crippen LogP contribution in [0.4, 0.5) is 0 Å². The number of methoxy groups -OCH3 is 1. The van der Waals surface area contributed by atoms with Crippen LogP contribution in [0, 0.1) is 5.92 Å². The number of nitrogens with one attached hydrogen (secondary N) is 1. The van der Waals surface area contributed by atoms with E-state index >= 15 is 0 Å². The van der Waals surface area contributed by atoms with E-state index in [2.05, 4.69) is 48.9 Å². The average Bonchev–Trinajstić information content (AvgIpc) is 4.00. The highest BCUT2D eigenvalue weighted by Gasteiger charge is 2.46. The molecule has 1 aliphatic carbocycles. The third-order valence-corrected chi connectivity index (χ3v) is 14.8. The molecule has 2 bridgehead atoms. The van der Waals surface area contributed by atoms with Crippen LogP contribution in [0.5, 0.6) is 5.75 Å². The zero-order valence-corrected chi connectivity index (χ0v) is 35.0. The summed E-state index contributed by atoms with van der Waals surface area (Å²) < 4.78 is 44.3. The Bertz CT molecular complexity index is 2380. The molecule has 9 rings (SSSR count). The quantitative estimate of drug-likeness (QED) is 0.180. The van der Waals surface area contributed by atoms with Crippen molar-refractivity contribution in [3.63, 3.8) is 0 Å². The number of piperazine rings is 1. The summed E-state index contributed by atoms with van der Waals surface area (Å²) in [6.45, 7) is 10.1. The third kappa shape index (κ3) is 7.06. The molecule has 12 nitrogen and oxygen atoms in total. The first-order chi connectivity index (χ1) is 28.0. The summed E-state index contributed by atoms with van der Waals surface area (Å²) in [5.41, 5.74) is 7.93. The van der Waals surface area contributed by atoms with E-state index in [1.165, 1.54) is 12.0 Å². The van der Waals surface area contributed by atoms with Gasteiger partial charge in [-0.1, -0.05) is 46.1 Å². The predicted molar refractivity (Wildman–Crippen MR) is 226 cm³/mol. The number of amides is 2. The first-order valence-electron chi connectivity index (χ1n) is 21.3. The molecule has 6 heterocycles. The molecule has 2 amide bonds. The van der Waals surface area contributed by atoms with Gasteiger partial charge in [0.15, 0.2) is 0 Å². The molecule has 0 spiro atoms. The standard InChI is InChI=1S/C45H56N6O6S/c1-5-48-25-35-22-34(48)26-49(35)45(53)39-23-46-51(33-15-17-57-18-16-33)42(39)32-19-31-20-36(56-4)12-14-37(31)43-41(29-9-7-6-8-10-29)38-13-11-30(21-40(38)50(43)24-32)44(52)47-58(54,55)27-28(2)3/h11-14,19-21,23,28-29,33-35H,5-10,15-18,22,24-27H2,1-4H3,(H,47,52)/t34-,35+/m1/s1. The SMILES string of the molecule is CCN1C[C@@H]2C[C@@H]1CN2C(=O)c1cnn(C2CCOCC2)c1C1=Cc2cc(OC)ccc2-c2c(C3CCCCC3)c3ccc(C(=O)NS(=O)(=O)CC(C)C)cc3n2C1. The van der Waals surface area contributed by atoms with Crippen LogP contribution < -0.4 is 9.46 Å². The molecule has 0 unspecified atom stereocenters. The first kappa shape index (κ1) is 39.0. The maximum Gasteiger partial charge on any atom is 0.264 e. The van der Waals surface area contributed by atoms with Crippen molar-refractivity contribution in [2.75, 3.05) is 45.7 Å². The second-order valence-electron chi connectivity index (χ2n) is 17.4. The molecular weight excluding hydrogens is 753 g/mol. The highest BCUT2D eigenvalue weighted by molar-refractivity contribution is 7.90. The Balaban J connectivity index is 1.23. The summed E-state index contributed by atoms with van der Waals surface area (Å²) in [4.78, 5) is 33.2. The van der Waals surface area contributed by atoms with Crippen molar-refractivity contribution in [1.29, 1.82) is 0 Å². The van der Waals surface area contributed by atoms with Gasteiger partial charge in [-0.05, 0) is 104 Å². The van der Waals surface area contributed by atoms with Gasteiger partial charge in [0.1, 0.15) is 5.75 Å². The van der Waals surface area contributed by atoms with E-state index in [9.17, 15) is 18.0 Å². The molecule has 5 aliphatic rings. The van der Waals surface area contributed by atoms with E-state index in [1.54, 1.807) is 19.4 Å². The normalized spacial score (nSPS) is 21.6. The average molecular weight is 809 g/mol. The van der Waals surface area contributed by atoms with Gasteiger partial charge in [-0.3, -0.25) is 19.2 Å². The molecule has 1 saturated carbocycles. The lowest BCUT2D eigenvalue weighted by atomic mass is 9.81. The topological polar surface area (TPSA) is 128 Å². The van der Waals surface area contributed by atoms with Crippen LogP contribution in [0.3, 0.4) is 0 Å². The number of sulfonamides is 1. The van der Waals surface area contributed by atoms with Gasteiger partial charge in [-0.2, -0.15) is 5.10 Å². The van der Waals surface area contributed by atoms with Crippen LogP contribution in [-0.2, 0) is 21.3 Å². The van der Waals surface area contributed by atoms with Gasteiger partial charge in [0.25, 0.3) is 11.8 Å². The molecule has 4 aromatic rings. The van der Waals surface area contributed by atoms with E-state index in [0.717, 1.165) is 103 Å². The summed E-state index contributed by atoms with van der Waals surface area (Å²) in [7, 11) is -2.15. The van der Waals surface area contributed by atoms with Gasteiger partial charge in [-0.25, -0.2) is 13.1 Å². The molecule has 2 aromatic carbocycles. The Morgan fingerprint density at radius 2 is 1.76 bits per heavy atom. The van der Waals surface area contributed by atoms with Gasteiger partial charge < -0.3 is 18.9 Å². The molecule has 0 radical (unpaired) electrons. The molecular formula is C45H56N6O6S. The number of nitrogens with zero attached hydrogens (tertiary/aromatic N) is 5. The number of ether oxygens (including phenoxy) is 2. The zero-order chi connectivity index (χ0) is 40.3. The number of likely N-dealkylation sites (tertiary alicyclic amines) is 2. The first-order valence-corrected chi connectivity index (χ1v) is 23.0. The van der Waals surface area contributed by atoms with Crippen molar-refractivity contribution in [1.82, 2.24) is 28.9 Å². The van der Waals surface area contributed by atoms with Crippen LogP contribution in [0.2, 0.25) is 0 Å². The van der Waals surface area contributed by atoms with Gasteiger partial charge in [0, 0.05) is 60.4 Å². The number of likely N-dealkylation sites (N-methyl/N-ethyl adjacent to an activating group) is 1. The van der Waals surface area contributed by atoms with Crippen molar-refractivity contribution in [3.05, 3.63) is 70.5 Å². The van der Waals surface area contributed by atoms with Crippen molar-refractivity contribution < 1.29 is 27.5 Å². The summed E-state index contributed by atoms with van der Waals surface area (Å²) >= 11 is 0. The van der Waals surface area contributed by atoms with E-state index in [-0.39, 0.29) is 35.2 Å². The molecule has 3 saturated heterocycles. The smallest absolute Gasteiger partial charge is 0.264 e. The lowest BCUT2D eigenvalue weighted by Gasteiger charge is -2.33. The highest BCUT2D eigenvalue weighted by atomic mass is 32.2. The van der Waals surface area contributed by atoms with Gasteiger partial charge in [-0.15, -0.1) is 0 Å². The number of carbonyl (C=O) groups is 2. The van der Waals surface area contributed by atoms with Crippen molar-refractivity contribution in [2.45, 2.75) is 103 Å². The molecule has 4 aliphatic heterocycles. The maximum absolute atomic E-state index is 14.9. The second kappa shape index (κ2) is 15.6. The predicted octanol–water partition coefficient (Wildman–Crippen LogP) is 7.10. The van der Waals surface area contributed by atoms with Crippen LogP contribution in [0.25, 0.3) is 33.8 Å². The molecule has 308 valence electrons. The van der Waals surface area contributed by atoms with Gasteiger partial charge in [0.05, 0.1) is 48.6 Å². The molecule has 58 heavy (non-hydrogen) atoms. The van der Waals surface area contributed by atoms with E-state index in [0.29, 0.717) is 43.8 Å². The number of fused-ring (bicyclic) bond motifs is 7. The number of rotatable bonds is 10. The van der Waals surface area contributed by atoms with Crippen molar-refractivity contribution >= 4 is 44.4 Å². The van der Waals surface area contributed by atoms with E-state index in [4.69, 9.17) is 14.6 Å². The maximum atomic E-state index is 14.9. The molecule has 2 aromatic heterocycles. The second-order valence-corrected chi connectivity index (χ2v) is 19.2. The fourth-order valence-corrected chi connectivity index (χ4v) is 12.0. The van der Waals surface area contributed by atoms with Gasteiger partial charge >= 0.3 is 0 Å². The van der Waals surface area contributed by atoms with E-state index < -0.39 is 15.9 Å². The molecule has 2 atom stereocenters. The molecule has 13 heteroatoms. The number of allylic oxidation sites excluding steroid dienone is 1. The summed E-state index contributed by atoms with van der Waals surface area (Å²) in [6, 6.07) is 12.5. The summed E-state index contributed by atoms with van der Waals surface area (Å²) in [5, 5.41) is 6.09. The lowest BCUT2D eigenvalue weighted by Crippen LogP contribution is -2.48. The Labute approximate surface area is 341 Å². The molecule has 4 fully saturated rings. The highest BCUT2D eigenvalue weighted by Crippen LogP contribution is 2.48. The Morgan fingerprint density at radius 1 is 0.966 bits per heavy atom. The van der Waals surface area contributed by atoms with Crippen LogP contribution in [0.1, 0.15) is 122 Å². The minimum atomic E-state index is -3.83. The van der Waals surface area contributed by atoms with Crippen LogP contribution >= 0.6 is 0 Å². The zero-order valence-electron chi connectivity index (χ0n) is 34.2. The monoisotopic (exact) mass is 808 g/mol. The Hall–Kier alpha value is -4.46. The van der Waals surface area contributed by atoms with Crippen LogP contribution in [0.15, 0.2) is 42.6 Å². The van der Waals surface area contributed by atoms with Crippen molar-refractivity contribution in [3.8, 4) is 17.0 Å². The van der Waals surface area contributed by atoms with Gasteiger partial charge in [0.2, 0.25) is 10.0 Å². The largest absolute Gasteiger partial charge is 0.497 e. The lowest BCUT2D eigenvalue weighted by molar-refractivity contribution is 0.0626. The third-order valence-electron chi connectivity index (χ3n) is 13.2. The number of hydrogen-bond acceptors (Lipinski definition) is 8. The summed E-state index contributed by atoms with van der Waals surface area (Å²) in [5.74, 6) is 0.164. The molecule has 1 N–H and O–H groups in total. The minimum Gasteiger partial charge on any atom is -0.497 e.